The van der Waals surface area contributed by atoms with E-state index in [1.807, 2.05) is 6.92 Å². The minimum Gasteiger partial charge on any atom is -0.362 e. The highest BCUT2D eigenvalue weighted by Gasteiger charge is 1.97. The van der Waals surface area contributed by atoms with E-state index in [0.29, 0.717) is 15.2 Å². The van der Waals surface area contributed by atoms with Gasteiger partial charge in [0.25, 0.3) is 0 Å². The van der Waals surface area contributed by atoms with Gasteiger partial charge in [-0.25, -0.2) is 0 Å². The summed E-state index contributed by atoms with van der Waals surface area (Å²) in [7, 11) is 0. The van der Waals surface area contributed by atoms with Gasteiger partial charge in [0.1, 0.15) is 0 Å². The largest absolute Gasteiger partial charge is 0.362 e. The number of halogens is 2. The zero-order valence-corrected chi connectivity index (χ0v) is 11.0. The minimum atomic E-state index is 0.476. The van der Waals surface area contributed by atoms with Crippen LogP contribution in [0.5, 0.6) is 0 Å². The average molecular weight is 276 g/mol. The van der Waals surface area contributed by atoms with E-state index in [-0.39, 0.29) is 0 Å². The molecular formula is C10H11Cl2N3S. The quantitative estimate of drug-likeness (QED) is 0.506. The standard InChI is InChI=1S/C10H11Cl2N3S/c1-2-13-10(16)15-14-6-7-3-4-8(11)5-9(7)12/h3-6H,2H2,1H3,(H2,13,15,16)/b14-6-. The Kier molecular flexibility index (Phi) is 5.52. The van der Waals surface area contributed by atoms with E-state index in [1.165, 1.54) is 0 Å². The molecule has 0 saturated carbocycles. The van der Waals surface area contributed by atoms with Crippen LogP contribution in [0.4, 0.5) is 0 Å². The second kappa shape index (κ2) is 6.68. The molecule has 0 spiro atoms. The molecule has 0 bridgehead atoms. The first kappa shape index (κ1) is 13.2. The molecule has 1 rings (SSSR count). The van der Waals surface area contributed by atoms with Crippen LogP contribution in [-0.4, -0.2) is 17.9 Å². The maximum atomic E-state index is 5.95. The van der Waals surface area contributed by atoms with Crippen molar-refractivity contribution in [1.82, 2.24) is 10.7 Å². The van der Waals surface area contributed by atoms with E-state index in [4.69, 9.17) is 35.4 Å². The summed E-state index contributed by atoms with van der Waals surface area (Å²) in [4.78, 5) is 0. The van der Waals surface area contributed by atoms with Gasteiger partial charge in [-0.2, -0.15) is 5.10 Å². The van der Waals surface area contributed by atoms with Gasteiger partial charge in [-0.05, 0) is 31.3 Å². The van der Waals surface area contributed by atoms with Crippen LogP contribution in [0, 0.1) is 0 Å². The lowest BCUT2D eigenvalue weighted by molar-refractivity contribution is 0.904. The van der Waals surface area contributed by atoms with Crippen molar-refractivity contribution in [3.63, 3.8) is 0 Å². The van der Waals surface area contributed by atoms with Crippen molar-refractivity contribution in [2.24, 2.45) is 5.10 Å². The van der Waals surface area contributed by atoms with Crippen LogP contribution in [0.1, 0.15) is 12.5 Å². The molecule has 0 aromatic heterocycles. The third-order valence-corrected chi connectivity index (χ3v) is 2.47. The minimum absolute atomic E-state index is 0.476. The molecule has 0 aliphatic rings. The number of nitrogens with one attached hydrogen (secondary N) is 2. The summed E-state index contributed by atoms with van der Waals surface area (Å²) >= 11 is 16.7. The van der Waals surface area contributed by atoms with Crippen LogP contribution in [0.25, 0.3) is 0 Å². The topological polar surface area (TPSA) is 36.4 Å². The Bertz CT molecular complexity index is 407. The number of rotatable bonds is 3. The molecule has 1 aromatic rings. The third-order valence-electron chi connectivity index (χ3n) is 1.67. The third kappa shape index (κ3) is 4.35. The van der Waals surface area contributed by atoms with Gasteiger partial charge in [-0.3, -0.25) is 5.43 Å². The highest BCUT2D eigenvalue weighted by molar-refractivity contribution is 7.80. The van der Waals surface area contributed by atoms with Crippen LogP contribution < -0.4 is 10.7 Å². The highest BCUT2D eigenvalue weighted by Crippen LogP contribution is 2.19. The first-order valence-electron chi connectivity index (χ1n) is 4.65. The molecule has 0 atom stereocenters. The first-order valence-corrected chi connectivity index (χ1v) is 5.82. The van der Waals surface area contributed by atoms with E-state index < -0.39 is 0 Å². The van der Waals surface area contributed by atoms with Gasteiger partial charge < -0.3 is 5.32 Å². The van der Waals surface area contributed by atoms with Crippen molar-refractivity contribution in [2.75, 3.05) is 6.54 Å². The molecule has 0 amide bonds. The summed E-state index contributed by atoms with van der Waals surface area (Å²) in [5.41, 5.74) is 3.45. The second-order valence-electron chi connectivity index (χ2n) is 2.90. The fourth-order valence-electron chi connectivity index (χ4n) is 0.967. The Morgan fingerprint density at radius 1 is 1.50 bits per heavy atom. The molecular weight excluding hydrogens is 265 g/mol. The Labute approximate surface area is 110 Å². The smallest absolute Gasteiger partial charge is 0.186 e. The average Bonchev–Trinajstić information content (AvgIpc) is 2.22. The van der Waals surface area contributed by atoms with Gasteiger partial charge in [-0.15, -0.1) is 0 Å². The zero-order valence-electron chi connectivity index (χ0n) is 8.63. The number of benzene rings is 1. The molecule has 0 heterocycles. The fraction of sp³-hybridized carbons (Fsp3) is 0.200. The van der Waals surface area contributed by atoms with E-state index in [9.17, 15) is 0 Å². The molecule has 0 unspecified atom stereocenters. The number of hydrazone groups is 1. The summed E-state index contributed by atoms with van der Waals surface area (Å²) in [5.74, 6) is 0. The SMILES string of the molecule is CCNC(=S)N/N=C\c1ccc(Cl)cc1Cl. The number of hydrogen-bond acceptors (Lipinski definition) is 2. The number of nitrogens with zero attached hydrogens (tertiary/aromatic N) is 1. The van der Waals surface area contributed by atoms with Crippen molar-refractivity contribution in [3.05, 3.63) is 33.8 Å². The summed E-state index contributed by atoms with van der Waals surface area (Å²) in [6, 6.07) is 5.19. The molecule has 0 aliphatic heterocycles. The van der Waals surface area contributed by atoms with Gasteiger partial charge in [0.05, 0.1) is 11.2 Å². The summed E-state index contributed by atoms with van der Waals surface area (Å²) in [5, 5.41) is 8.47. The van der Waals surface area contributed by atoms with Crippen LogP contribution >= 0.6 is 35.4 Å². The van der Waals surface area contributed by atoms with E-state index in [0.717, 1.165) is 12.1 Å². The van der Waals surface area contributed by atoms with Crippen molar-refractivity contribution in [1.29, 1.82) is 0 Å². The number of hydrogen-bond donors (Lipinski definition) is 2. The molecule has 0 fully saturated rings. The molecule has 0 radical (unpaired) electrons. The molecule has 0 aliphatic carbocycles. The molecule has 16 heavy (non-hydrogen) atoms. The predicted molar refractivity (Wildman–Crippen MR) is 73.5 cm³/mol. The van der Waals surface area contributed by atoms with Gasteiger partial charge in [0.2, 0.25) is 0 Å². The monoisotopic (exact) mass is 275 g/mol. The Balaban J connectivity index is 2.59. The molecule has 1 aromatic carbocycles. The Morgan fingerprint density at radius 2 is 2.25 bits per heavy atom. The van der Waals surface area contributed by atoms with Crippen molar-refractivity contribution in [2.45, 2.75) is 6.92 Å². The van der Waals surface area contributed by atoms with Crippen molar-refractivity contribution >= 4 is 46.7 Å². The van der Waals surface area contributed by atoms with Crippen LogP contribution in [0.15, 0.2) is 23.3 Å². The van der Waals surface area contributed by atoms with Crippen LogP contribution in [0.2, 0.25) is 10.0 Å². The molecule has 6 heteroatoms. The predicted octanol–water partition coefficient (Wildman–Crippen LogP) is 2.81. The lowest BCUT2D eigenvalue weighted by Crippen LogP contribution is -2.31. The molecule has 0 saturated heterocycles. The molecule has 86 valence electrons. The Morgan fingerprint density at radius 3 is 2.88 bits per heavy atom. The van der Waals surface area contributed by atoms with Gasteiger partial charge >= 0.3 is 0 Å². The number of thiocarbonyl (C=S) groups is 1. The van der Waals surface area contributed by atoms with Gasteiger partial charge in [0, 0.05) is 17.1 Å². The van der Waals surface area contributed by atoms with E-state index in [1.54, 1.807) is 24.4 Å². The summed E-state index contributed by atoms with van der Waals surface area (Å²) in [6.07, 6.45) is 1.59. The van der Waals surface area contributed by atoms with Crippen molar-refractivity contribution in [3.8, 4) is 0 Å². The van der Waals surface area contributed by atoms with Gasteiger partial charge in [-0.1, -0.05) is 29.3 Å². The normalized spacial score (nSPS) is 10.4. The van der Waals surface area contributed by atoms with E-state index in [2.05, 4.69) is 15.8 Å². The highest BCUT2D eigenvalue weighted by atomic mass is 35.5. The van der Waals surface area contributed by atoms with Crippen LogP contribution in [-0.2, 0) is 0 Å². The first-order chi connectivity index (χ1) is 7.63. The maximum absolute atomic E-state index is 5.95. The fourth-order valence-corrected chi connectivity index (χ4v) is 1.62. The van der Waals surface area contributed by atoms with Crippen LogP contribution in [0.3, 0.4) is 0 Å². The lowest BCUT2D eigenvalue weighted by Gasteiger charge is -2.03. The molecule has 2 N–H and O–H groups in total. The van der Waals surface area contributed by atoms with Crippen molar-refractivity contribution < 1.29 is 0 Å². The maximum Gasteiger partial charge on any atom is 0.186 e. The summed E-state index contributed by atoms with van der Waals surface area (Å²) < 4.78 is 0. The van der Waals surface area contributed by atoms with Gasteiger partial charge in [0.15, 0.2) is 5.11 Å². The Hall–Kier alpha value is -0.840. The second-order valence-corrected chi connectivity index (χ2v) is 4.15. The summed E-state index contributed by atoms with van der Waals surface area (Å²) in [6.45, 7) is 2.71. The zero-order chi connectivity index (χ0) is 12.0. The molecule has 3 nitrogen and oxygen atoms in total. The lowest BCUT2D eigenvalue weighted by atomic mass is 10.2. The van der Waals surface area contributed by atoms with E-state index >= 15 is 0 Å².